The van der Waals surface area contributed by atoms with Crippen LogP contribution in [0.2, 0.25) is 0 Å². The van der Waals surface area contributed by atoms with Gasteiger partial charge in [0.1, 0.15) is 13.2 Å². The molecule has 6 nitrogen and oxygen atoms in total. The van der Waals surface area contributed by atoms with Crippen LogP contribution in [0.3, 0.4) is 0 Å². The van der Waals surface area contributed by atoms with Crippen molar-refractivity contribution >= 4 is 17.9 Å². The van der Waals surface area contributed by atoms with Gasteiger partial charge in [0.15, 0.2) is 6.10 Å². The Balaban J connectivity index is 4.25. The summed E-state index contributed by atoms with van der Waals surface area (Å²) in [5.41, 5.74) is 0. The van der Waals surface area contributed by atoms with Crippen molar-refractivity contribution in [3.05, 3.63) is 36.5 Å². The Morgan fingerprint density at radius 1 is 0.303 bits per heavy atom. The third-order valence-electron chi connectivity index (χ3n) is 12.8. The average molecular weight is 928 g/mol. The first-order valence-electron chi connectivity index (χ1n) is 29.0. The van der Waals surface area contributed by atoms with Crippen LogP contribution in [0, 0.1) is 0 Å². The van der Waals surface area contributed by atoms with Crippen molar-refractivity contribution < 1.29 is 28.6 Å². The molecule has 0 saturated heterocycles. The van der Waals surface area contributed by atoms with Crippen molar-refractivity contribution in [2.45, 2.75) is 316 Å². The molecule has 0 aromatic heterocycles. The summed E-state index contributed by atoms with van der Waals surface area (Å²) in [5.74, 6) is -0.878. The molecule has 0 heterocycles. The van der Waals surface area contributed by atoms with E-state index in [4.69, 9.17) is 14.2 Å². The second-order valence-corrected chi connectivity index (χ2v) is 19.6. The van der Waals surface area contributed by atoms with E-state index in [2.05, 4.69) is 57.2 Å². The molecular weight excluding hydrogens is 817 g/mol. The lowest BCUT2D eigenvalue weighted by atomic mass is 10.0. The minimum Gasteiger partial charge on any atom is -0.462 e. The zero-order valence-corrected chi connectivity index (χ0v) is 44.2. The fourth-order valence-electron chi connectivity index (χ4n) is 8.48. The Morgan fingerprint density at radius 3 is 0.939 bits per heavy atom. The minimum absolute atomic E-state index is 0.0747. The molecule has 0 N–H and O–H groups in total. The number of ether oxygens (including phenoxy) is 3. The monoisotopic (exact) mass is 927 g/mol. The average Bonchev–Trinajstić information content (AvgIpc) is 3.31. The van der Waals surface area contributed by atoms with Crippen molar-refractivity contribution in [1.82, 2.24) is 0 Å². The molecule has 0 aliphatic rings. The minimum atomic E-state index is -0.776. The van der Waals surface area contributed by atoms with Gasteiger partial charge in [0.25, 0.3) is 0 Å². The highest BCUT2D eigenvalue weighted by atomic mass is 16.6. The summed E-state index contributed by atoms with van der Waals surface area (Å²) in [7, 11) is 0. The zero-order chi connectivity index (χ0) is 47.9. The van der Waals surface area contributed by atoms with E-state index in [1.54, 1.807) is 0 Å². The number of hydrogen-bond donors (Lipinski definition) is 0. The Morgan fingerprint density at radius 2 is 0.576 bits per heavy atom. The SMILES string of the molecule is CCC/C=C\CCCCCCCC(=O)OCC(COC(=O)CCCCCCCCCCCCCCCCCCCCCCC)OC(=O)CCCCCCCCC/C=C\C/C=C\CCCCC. The number of unbranched alkanes of at least 4 members (excludes halogenated alkanes) is 36. The topological polar surface area (TPSA) is 78.9 Å². The van der Waals surface area contributed by atoms with E-state index < -0.39 is 6.10 Å². The second-order valence-electron chi connectivity index (χ2n) is 19.6. The van der Waals surface area contributed by atoms with Crippen LogP contribution in [0.15, 0.2) is 36.5 Å². The molecule has 0 spiro atoms. The van der Waals surface area contributed by atoms with Crippen LogP contribution >= 0.6 is 0 Å². The van der Waals surface area contributed by atoms with Crippen molar-refractivity contribution in [3.8, 4) is 0 Å². The molecule has 0 radical (unpaired) electrons. The number of carbonyl (C=O) groups is 3. The summed E-state index contributed by atoms with van der Waals surface area (Å²) < 4.78 is 16.8. The summed E-state index contributed by atoms with van der Waals surface area (Å²) in [6.07, 6.45) is 65.7. The number of esters is 3. The quantitative estimate of drug-likeness (QED) is 0.0262. The Hall–Kier alpha value is -2.37. The third kappa shape index (κ3) is 52.6. The molecule has 6 heteroatoms. The molecule has 0 aromatic rings. The predicted octanol–water partition coefficient (Wildman–Crippen LogP) is 19.3. The van der Waals surface area contributed by atoms with Crippen molar-refractivity contribution in [1.29, 1.82) is 0 Å². The van der Waals surface area contributed by atoms with E-state index in [0.29, 0.717) is 19.3 Å². The first kappa shape index (κ1) is 63.6. The lowest BCUT2D eigenvalue weighted by molar-refractivity contribution is -0.167. The molecule has 0 fully saturated rings. The van der Waals surface area contributed by atoms with Crippen LogP contribution < -0.4 is 0 Å². The van der Waals surface area contributed by atoms with Crippen molar-refractivity contribution in [2.75, 3.05) is 13.2 Å². The van der Waals surface area contributed by atoms with E-state index >= 15 is 0 Å². The Kier molecular flexibility index (Phi) is 53.2. The van der Waals surface area contributed by atoms with E-state index in [0.717, 1.165) is 83.5 Å². The summed E-state index contributed by atoms with van der Waals surface area (Å²) in [5, 5.41) is 0. The van der Waals surface area contributed by atoms with Crippen LogP contribution in [0.5, 0.6) is 0 Å². The van der Waals surface area contributed by atoms with Gasteiger partial charge in [0.05, 0.1) is 0 Å². The lowest BCUT2D eigenvalue weighted by Gasteiger charge is -2.18. The Labute approximate surface area is 410 Å². The van der Waals surface area contributed by atoms with Crippen molar-refractivity contribution in [2.24, 2.45) is 0 Å². The number of hydrogen-bond acceptors (Lipinski definition) is 6. The zero-order valence-electron chi connectivity index (χ0n) is 44.2. The van der Waals surface area contributed by atoms with Gasteiger partial charge in [0, 0.05) is 19.3 Å². The van der Waals surface area contributed by atoms with E-state index in [-0.39, 0.29) is 31.1 Å². The molecule has 386 valence electrons. The van der Waals surface area contributed by atoms with Gasteiger partial charge in [-0.1, -0.05) is 256 Å². The summed E-state index contributed by atoms with van der Waals surface area (Å²) in [4.78, 5) is 38.1. The van der Waals surface area contributed by atoms with Crippen molar-refractivity contribution in [3.63, 3.8) is 0 Å². The maximum atomic E-state index is 12.8. The van der Waals surface area contributed by atoms with Gasteiger partial charge in [-0.15, -0.1) is 0 Å². The van der Waals surface area contributed by atoms with E-state index in [1.165, 1.54) is 186 Å². The fourth-order valence-corrected chi connectivity index (χ4v) is 8.48. The first-order valence-corrected chi connectivity index (χ1v) is 29.0. The molecule has 0 rings (SSSR count). The van der Waals surface area contributed by atoms with Gasteiger partial charge < -0.3 is 14.2 Å². The van der Waals surface area contributed by atoms with E-state index in [9.17, 15) is 14.4 Å². The largest absolute Gasteiger partial charge is 0.462 e. The number of rotatable bonds is 53. The van der Waals surface area contributed by atoms with Gasteiger partial charge in [-0.3, -0.25) is 14.4 Å². The van der Waals surface area contributed by atoms with Gasteiger partial charge >= 0.3 is 17.9 Å². The highest BCUT2D eigenvalue weighted by Gasteiger charge is 2.19. The molecule has 0 saturated carbocycles. The predicted molar refractivity (Wildman–Crippen MR) is 284 cm³/mol. The first-order chi connectivity index (χ1) is 32.5. The molecule has 66 heavy (non-hydrogen) atoms. The van der Waals surface area contributed by atoms with Crippen LogP contribution in [0.1, 0.15) is 310 Å². The molecule has 1 unspecified atom stereocenters. The highest BCUT2D eigenvalue weighted by Crippen LogP contribution is 2.17. The van der Waals surface area contributed by atoms with Gasteiger partial charge in [-0.05, 0) is 70.6 Å². The fraction of sp³-hybridized carbons (Fsp3) is 0.850. The summed E-state index contributed by atoms with van der Waals surface area (Å²) >= 11 is 0. The molecular formula is C60H110O6. The maximum Gasteiger partial charge on any atom is 0.306 e. The number of allylic oxidation sites excluding steroid dienone is 6. The van der Waals surface area contributed by atoms with Crippen LogP contribution in [0.25, 0.3) is 0 Å². The van der Waals surface area contributed by atoms with Gasteiger partial charge in [-0.2, -0.15) is 0 Å². The standard InChI is InChI=1S/C60H110O6/c1-4-7-10-13-16-19-22-24-26-28-29-30-31-33-34-36-38-41-44-47-50-53-59(62)65-56-57(55-64-58(61)52-49-46-43-40-21-18-15-12-9-6-3)66-60(63)54-51-48-45-42-39-37-35-32-27-25-23-20-17-14-11-8-5-2/h12,15,17,20,25,27,57H,4-11,13-14,16,18-19,21-24,26,28-56H2,1-3H3/b15-12-,20-17-,27-25-. The molecule has 0 aliphatic carbocycles. The lowest BCUT2D eigenvalue weighted by Crippen LogP contribution is -2.30. The summed E-state index contributed by atoms with van der Waals surface area (Å²) in [6.45, 7) is 6.58. The number of carbonyl (C=O) groups excluding carboxylic acids is 3. The second kappa shape index (κ2) is 55.2. The maximum absolute atomic E-state index is 12.8. The summed E-state index contributed by atoms with van der Waals surface area (Å²) in [6, 6.07) is 0. The normalized spacial score (nSPS) is 12.2. The Bertz CT molecular complexity index is 1110. The molecule has 0 aromatic carbocycles. The highest BCUT2D eigenvalue weighted by molar-refractivity contribution is 5.71. The molecule has 0 amide bonds. The third-order valence-corrected chi connectivity index (χ3v) is 12.8. The molecule has 0 bridgehead atoms. The van der Waals surface area contributed by atoms with Crippen LogP contribution in [-0.4, -0.2) is 37.2 Å². The van der Waals surface area contributed by atoms with Crippen LogP contribution in [-0.2, 0) is 28.6 Å². The molecule has 1 atom stereocenters. The van der Waals surface area contributed by atoms with Gasteiger partial charge in [0.2, 0.25) is 0 Å². The van der Waals surface area contributed by atoms with Gasteiger partial charge in [-0.25, -0.2) is 0 Å². The van der Waals surface area contributed by atoms with E-state index in [1.807, 2.05) is 0 Å². The molecule has 0 aliphatic heterocycles. The van der Waals surface area contributed by atoms with Crippen LogP contribution in [0.4, 0.5) is 0 Å². The smallest absolute Gasteiger partial charge is 0.306 e.